The molecule has 0 fully saturated rings. The standard InChI is InChI=1S/C15H15NS/c1-12-7-9-14(10-8-12)11-16-17-15-6-4-3-5-13(15)2/h3-11H,1-2H3. The third-order valence-corrected chi connectivity index (χ3v) is 3.39. The molecule has 2 aromatic rings. The Morgan fingerprint density at radius 1 is 0.941 bits per heavy atom. The molecule has 0 bridgehead atoms. The zero-order valence-corrected chi connectivity index (χ0v) is 10.9. The third-order valence-electron chi connectivity index (χ3n) is 2.52. The van der Waals surface area contributed by atoms with Crippen molar-refractivity contribution < 1.29 is 0 Å². The number of nitrogens with zero attached hydrogens (tertiary/aromatic N) is 1. The van der Waals surface area contributed by atoms with Crippen molar-refractivity contribution in [1.29, 1.82) is 0 Å². The summed E-state index contributed by atoms with van der Waals surface area (Å²) in [6.45, 7) is 4.19. The van der Waals surface area contributed by atoms with Gasteiger partial charge >= 0.3 is 0 Å². The normalized spacial score (nSPS) is 10.9. The molecule has 0 saturated heterocycles. The summed E-state index contributed by atoms with van der Waals surface area (Å²) in [5.74, 6) is 0. The predicted octanol–water partition coefficient (Wildman–Crippen LogP) is 4.43. The maximum atomic E-state index is 4.39. The van der Waals surface area contributed by atoms with Gasteiger partial charge in [-0.1, -0.05) is 48.0 Å². The van der Waals surface area contributed by atoms with Gasteiger partial charge in [0.2, 0.25) is 0 Å². The highest BCUT2D eigenvalue weighted by atomic mass is 32.2. The summed E-state index contributed by atoms with van der Waals surface area (Å²) in [6, 6.07) is 16.6. The van der Waals surface area contributed by atoms with Gasteiger partial charge in [0.1, 0.15) is 0 Å². The van der Waals surface area contributed by atoms with Crippen LogP contribution in [-0.2, 0) is 0 Å². The van der Waals surface area contributed by atoms with Crippen molar-refractivity contribution in [1.82, 2.24) is 0 Å². The van der Waals surface area contributed by atoms with Crippen molar-refractivity contribution >= 4 is 18.2 Å². The van der Waals surface area contributed by atoms with Crippen molar-refractivity contribution in [2.75, 3.05) is 0 Å². The lowest BCUT2D eigenvalue weighted by Crippen LogP contribution is -1.80. The van der Waals surface area contributed by atoms with Gasteiger partial charge in [0, 0.05) is 23.1 Å². The van der Waals surface area contributed by atoms with E-state index in [1.165, 1.54) is 28.0 Å². The first-order valence-electron chi connectivity index (χ1n) is 5.58. The molecule has 0 saturated carbocycles. The summed E-state index contributed by atoms with van der Waals surface area (Å²) in [7, 11) is 0. The molecule has 0 N–H and O–H groups in total. The first kappa shape index (κ1) is 11.9. The fourth-order valence-electron chi connectivity index (χ4n) is 1.46. The molecule has 0 unspecified atom stereocenters. The first-order valence-corrected chi connectivity index (χ1v) is 6.36. The lowest BCUT2D eigenvalue weighted by molar-refractivity contribution is 1.30. The van der Waals surface area contributed by atoms with Crippen LogP contribution in [0.25, 0.3) is 0 Å². The van der Waals surface area contributed by atoms with E-state index in [4.69, 9.17) is 0 Å². The maximum Gasteiger partial charge on any atom is 0.0428 e. The first-order chi connectivity index (χ1) is 8.25. The summed E-state index contributed by atoms with van der Waals surface area (Å²) >= 11 is 1.52. The van der Waals surface area contributed by atoms with E-state index in [1.807, 2.05) is 18.3 Å². The molecule has 0 aliphatic rings. The molecule has 0 spiro atoms. The molecule has 0 aliphatic carbocycles. The molecule has 0 atom stereocenters. The van der Waals surface area contributed by atoms with E-state index in [0.29, 0.717) is 0 Å². The minimum atomic E-state index is 1.14. The zero-order valence-electron chi connectivity index (χ0n) is 10.1. The molecule has 0 radical (unpaired) electrons. The Morgan fingerprint density at radius 2 is 1.65 bits per heavy atom. The van der Waals surface area contributed by atoms with E-state index < -0.39 is 0 Å². The fourth-order valence-corrected chi connectivity index (χ4v) is 2.09. The fraction of sp³-hybridized carbons (Fsp3) is 0.133. The summed E-state index contributed by atoms with van der Waals surface area (Å²) in [5.41, 5.74) is 3.67. The van der Waals surface area contributed by atoms with Crippen LogP contribution < -0.4 is 0 Å². The Labute approximate surface area is 107 Å². The molecule has 86 valence electrons. The van der Waals surface area contributed by atoms with Gasteiger partial charge in [-0.15, -0.1) is 0 Å². The van der Waals surface area contributed by atoms with Crippen LogP contribution in [0.5, 0.6) is 0 Å². The Balaban J connectivity index is 2.03. The highest BCUT2D eigenvalue weighted by molar-refractivity contribution is 7.98. The molecule has 2 rings (SSSR count). The second-order valence-electron chi connectivity index (χ2n) is 4.00. The minimum Gasteiger partial charge on any atom is -0.219 e. The van der Waals surface area contributed by atoms with Crippen LogP contribution in [0, 0.1) is 13.8 Å². The predicted molar refractivity (Wildman–Crippen MR) is 75.8 cm³/mol. The Morgan fingerprint density at radius 3 is 2.35 bits per heavy atom. The van der Waals surface area contributed by atoms with E-state index in [-0.39, 0.29) is 0 Å². The van der Waals surface area contributed by atoms with Crippen LogP contribution in [0.3, 0.4) is 0 Å². The van der Waals surface area contributed by atoms with Gasteiger partial charge in [0.05, 0.1) is 0 Å². The SMILES string of the molecule is Cc1ccc(C=NSc2ccccc2C)cc1. The van der Waals surface area contributed by atoms with Crippen LogP contribution in [0.4, 0.5) is 0 Å². The highest BCUT2D eigenvalue weighted by Crippen LogP contribution is 2.22. The van der Waals surface area contributed by atoms with Gasteiger partial charge in [0.15, 0.2) is 0 Å². The van der Waals surface area contributed by atoms with Crippen LogP contribution in [0.2, 0.25) is 0 Å². The molecule has 0 aromatic heterocycles. The molecule has 0 amide bonds. The number of benzene rings is 2. The average molecular weight is 241 g/mol. The van der Waals surface area contributed by atoms with Gasteiger partial charge in [-0.05, 0) is 31.0 Å². The number of aryl methyl sites for hydroxylation is 2. The number of hydrogen-bond donors (Lipinski definition) is 0. The monoisotopic (exact) mass is 241 g/mol. The van der Waals surface area contributed by atoms with E-state index in [0.717, 1.165) is 5.56 Å². The second-order valence-corrected chi connectivity index (χ2v) is 4.84. The quantitative estimate of drug-likeness (QED) is 0.572. The van der Waals surface area contributed by atoms with Gasteiger partial charge < -0.3 is 0 Å². The van der Waals surface area contributed by atoms with E-state index >= 15 is 0 Å². The van der Waals surface area contributed by atoms with Crippen molar-refractivity contribution in [3.63, 3.8) is 0 Å². The van der Waals surface area contributed by atoms with Crippen LogP contribution >= 0.6 is 11.9 Å². The average Bonchev–Trinajstić information content (AvgIpc) is 2.34. The third kappa shape index (κ3) is 3.46. The van der Waals surface area contributed by atoms with Gasteiger partial charge in [0.25, 0.3) is 0 Å². The summed E-state index contributed by atoms with van der Waals surface area (Å²) in [6.07, 6.45) is 1.90. The molecule has 0 heterocycles. The van der Waals surface area contributed by atoms with E-state index in [1.54, 1.807) is 0 Å². The summed E-state index contributed by atoms with van der Waals surface area (Å²) < 4.78 is 4.39. The van der Waals surface area contributed by atoms with E-state index in [2.05, 4.69) is 54.6 Å². The number of hydrogen-bond acceptors (Lipinski definition) is 2. The van der Waals surface area contributed by atoms with Crippen LogP contribution in [0.1, 0.15) is 16.7 Å². The van der Waals surface area contributed by atoms with Gasteiger partial charge in [-0.25, -0.2) is 4.40 Å². The van der Waals surface area contributed by atoms with Crippen molar-refractivity contribution in [2.24, 2.45) is 4.40 Å². The molecule has 0 aliphatic heterocycles. The molecule has 17 heavy (non-hydrogen) atoms. The van der Waals surface area contributed by atoms with Crippen molar-refractivity contribution in [3.8, 4) is 0 Å². The molecule has 1 nitrogen and oxygen atoms in total. The Kier molecular flexibility index (Phi) is 3.99. The van der Waals surface area contributed by atoms with Crippen molar-refractivity contribution in [3.05, 3.63) is 65.2 Å². The lowest BCUT2D eigenvalue weighted by atomic mass is 10.2. The van der Waals surface area contributed by atoms with Crippen molar-refractivity contribution in [2.45, 2.75) is 18.7 Å². The lowest BCUT2D eigenvalue weighted by Gasteiger charge is -1.99. The molecular formula is C15H15NS. The largest absolute Gasteiger partial charge is 0.219 e. The molecule has 2 aromatic carbocycles. The summed E-state index contributed by atoms with van der Waals surface area (Å²) in [4.78, 5) is 1.20. The maximum absolute atomic E-state index is 4.39. The Hall–Kier alpha value is -1.54. The minimum absolute atomic E-state index is 1.14. The van der Waals surface area contributed by atoms with Crippen LogP contribution in [0.15, 0.2) is 57.8 Å². The van der Waals surface area contributed by atoms with Gasteiger partial charge in [-0.3, -0.25) is 0 Å². The van der Waals surface area contributed by atoms with E-state index in [9.17, 15) is 0 Å². The summed E-state index contributed by atoms with van der Waals surface area (Å²) in [5, 5.41) is 0. The smallest absolute Gasteiger partial charge is 0.0428 e. The number of rotatable bonds is 3. The molecular weight excluding hydrogens is 226 g/mol. The second kappa shape index (κ2) is 5.69. The topological polar surface area (TPSA) is 12.4 Å². The van der Waals surface area contributed by atoms with Crippen LogP contribution in [-0.4, -0.2) is 6.21 Å². The zero-order chi connectivity index (χ0) is 12.1. The highest BCUT2D eigenvalue weighted by Gasteiger charge is 1.95. The van der Waals surface area contributed by atoms with Gasteiger partial charge in [-0.2, -0.15) is 0 Å². The Bertz CT molecular complexity index is 515. The molecule has 2 heteroatoms.